The van der Waals surface area contributed by atoms with Crippen LogP contribution in [-0.4, -0.2) is 14.2 Å². The first-order valence-electron chi connectivity index (χ1n) is 6.46. The van der Waals surface area contributed by atoms with Crippen LogP contribution in [0, 0.1) is 5.82 Å². The van der Waals surface area contributed by atoms with Crippen molar-refractivity contribution in [1.82, 2.24) is 0 Å². The summed E-state index contributed by atoms with van der Waals surface area (Å²) in [6, 6.07) is 12.2. The van der Waals surface area contributed by atoms with Crippen molar-refractivity contribution < 1.29 is 9.13 Å². The van der Waals surface area contributed by atoms with Gasteiger partial charge in [-0.3, -0.25) is 0 Å². The largest absolute Gasteiger partial charge is 0.497 e. The predicted molar refractivity (Wildman–Crippen MR) is 80.1 cm³/mol. The van der Waals surface area contributed by atoms with Crippen LogP contribution in [0.5, 0.6) is 5.75 Å². The molecule has 2 aromatic carbocycles. The second-order valence-corrected chi connectivity index (χ2v) is 4.72. The van der Waals surface area contributed by atoms with Gasteiger partial charge in [0.25, 0.3) is 0 Å². The van der Waals surface area contributed by atoms with Gasteiger partial charge in [0.15, 0.2) is 0 Å². The molecule has 0 amide bonds. The maximum absolute atomic E-state index is 14.0. The van der Waals surface area contributed by atoms with Crippen LogP contribution in [0.25, 0.3) is 0 Å². The van der Waals surface area contributed by atoms with E-state index in [1.165, 1.54) is 6.07 Å². The Hall–Kier alpha value is -2.07. The van der Waals surface area contributed by atoms with E-state index in [-0.39, 0.29) is 11.9 Å². The van der Waals surface area contributed by atoms with E-state index in [2.05, 4.69) is 0 Å². The van der Waals surface area contributed by atoms with Crippen molar-refractivity contribution in [3.63, 3.8) is 0 Å². The first kappa shape index (κ1) is 14.3. The number of hydrogen-bond acceptors (Lipinski definition) is 3. The lowest BCUT2D eigenvalue weighted by atomic mass is 10.0. The van der Waals surface area contributed by atoms with Gasteiger partial charge in [-0.2, -0.15) is 0 Å². The molecule has 0 fully saturated rings. The van der Waals surface area contributed by atoms with Gasteiger partial charge in [-0.15, -0.1) is 0 Å². The summed E-state index contributed by atoms with van der Waals surface area (Å²) in [6.45, 7) is 1.78. The first-order valence-corrected chi connectivity index (χ1v) is 6.46. The summed E-state index contributed by atoms with van der Waals surface area (Å²) in [5.74, 6) is 0.473. The smallest absolute Gasteiger partial charge is 0.130 e. The molecule has 0 spiro atoms. The van der Waals surface area contributed by atoms with E-state index >= 15 is 0 Å². The Bertz CT molecular complexity index is 599. The van der Waals surface area contributed by atoms with Crippen molar-refractivity contribution in [2.24, 2.45) is 5.73 Å². The van der Waals surface area contributed by atoms with Crippen LogP contribution < -0.4 is 15.4 Å². The number of hydrogen-bond donors (Lipinski definition) is 1. The standard InChI is InChI=1S/C16H19FN2O/c1-11(18)16-14(17)8-5-9-15(16)19(2)12-6-4-7-13(10-12)20-3/h4-11H,18H2,1-3H3/t11-/m1/s1. The number of halogens is 1. The quantitative estimate of drug-likeness (QED) is 0.925. The van der Waals surface area contributed by atoms with E-state index < -0.39 is 0 Å². The molecule has 0 heterocycles. The molecule has 2 N–H and O–H groups in total. The van der Waals surface area contributed by atoms with Gasteiger partial charge in [-0.05, 0) is 31.2 Å². The van der Waals surface area contributed by atoms with E-state index in [9.17, 15) is 4.39 Å². The molecule has 20 heavy (non-hydrogen) atoms. The minimum atomic E-state index is -0.376. The third-order valence-corrected chi connectivity index (χ3v) is 3.29. The highest BCUT2D eigenvalue weighted by Crippen LogP contribution is 2.33. The van der Waals surface area contributed by atoms with Gasteiger partial charge < -0.3 is 15.4 Å². The van der Waals surface area contributed by atoms with Crippen molar-refractivity contribution in [3.8, 4) is 5.75 Å². The fourth-order valence-corrected chi connectivity index (χ4v) is 2.23. The molecule has 0 saturated heterocycles. The highest BCUT2D eigenvalue weighted by atomic mass is 19.1. The summed E-state index contributed by atoms with van der Waals surface area (Å²) in [6.07, 6.45) is 0. The molecule has 4 heteroatoms. The number of ether oxygens (including phenoxy) is 1. The predicted octanol–water partition coefficient (Wildman–Crippen LogP) is 3.62. The van der Waals surface area contributed by atoms with E-state index in [4.69, 9.17) is 10.5 Å². The van der Waals surface area contributed by atoms with Gasteiger partial charge in [0, 0.05) is 36.1 Å². The monoisotopic (exact) mass is 274 g/mol. The maximum Gasteiger partial charge on any atom is 0.130 e. The lowest BCUT2D eigenvalue weighted by molar-refractivity contribution is 0.415. The topological polar surface area (TPSA) is 38.5 Å². The van der Waals surface area contributed by atoms with Crippen LogP contribution >= 0.6 is 0 Å². The van der Waals surface area contributed by atoms with Crippen LogP contribution in [0.3, 0.4) is 0 Å². The lowest BCUT2D eigenvalue weighted by Crippen LogP contribution is -2.17. The number of nitrogens with two attached hydrogens (primary N) is 1. The highest BCUT2D eigenvalue weighted by molar-refractivity contribution is 5.67. The van der Waals surface area contributed by atoms with E-state index in [0.29, 0.717) is 5.56 Å². The zero-order valence-electron chi connectivity index (χ0n) is 11.9. The second kappa shape index (κ2) is 5.92. The van der Waals surface area contributed by atoms with Crippen LogP contribution in [-0.2, 0) is 0 Å². The molecule has 2 rings (SSSR count). The van der Waals surface area contributed by atoms with Gasteiger partial charge in [0.05, 0.1) is 7.11 Å². The molecule has 0 saturated carbocycles. The molecule has 106 valence electrons. The first-order chi connectivity index (χ1) is 9.54. The molecule has 0 unspecified atom stereocenters. The van der Waals surface area contributed by atoms with Gasteiger partial charge >= 0.3 is 0 Å². The third-order valence-electron chi connectivity index (χ3n) is 3.29. The van der Waals surface area contributed by atoms with Crippen molar-refractivity contribution in [3.05, 3.63) is 53.8 Å². The summed E-state index contributed by atoms with van der Waals surface area (Å²) in [4.78, 5) is 1.91. The lowest BCUT2D eigenvalue weighted by Gasteiger charge is -2.24. The minimum Gasteiger partial charge on any atom is -0.497 e. The minimum absolute atomic E-state index is 0.285. The van der Waals surface area contributed by atoms with Gasteiger partial charge in [0.2, 0.25) is 0 Å². The Balaban J connectivity index is 2.47. The highest BCUT2D eigenvalue weighted by Gasteiger charge is 2.16. The fourth-order valence-electron chi connectivity index (χ4n) is 2.23. The zero-order valence-corrected chi connectivity index (χ0v) is 11.9. The number of nitrogens with zero attached hydrogens (tertiary/aromatic N) is 1. The molecule has 0 bridgehead atoms. The van der Waals surface area contributed by atoms with Crippen molar-refractivity contribution in [2.75, 3.05) is 19.1 Å². The molecule has 0 aromatic heterocycles. The van der Waals surface area contributed by atoms with Gasteiger partial charge in [-0.1, -0.05) is 12.1 Å². The number of rotatable bonds is 4. The van der Waals surface area contributed by atoms with Crippen molar-refractivity contribution in [2.45, 2.75) is 13.0 Å². The summed E-state index contributed by atoms with van der Waals surface area (Å²) < 4.78 is 19.2. The van der Waals surface area contributed by atoms with E-state index in [1.807, 2.05) is 42.3 Å². The third kappa shape index (κ3) is 2.75. The SMILES string of the molecule is COc1cccc(N(C)c2cccc(F)c2[C@@H](C)N)c1. The van der Waals surface area contributed by atoms with Crippen molar-refractivity contribution in [1.29, 1.82) is 0 Å². The summed E-state index contributed by atoms with van der Waals surface area (Å²) in [7, 11) is 3.50. The molecular weight excluding hydrogens is 255 g/mol. The average molecular weight is 274 g/mol. The van der Waals surface area contributed by atoms with Crippen LogP contribution in [0.1, 0.15) is 18.5 Å². The van der Waals surface area contributed by atoms with Crippen molar-refractivity contribution >= 4 is 11.4 Å². The van der Waals surface area contributed by atoms with E-state index in [0.717, 1.165) is 17.1 Å². The molecule has 0 aliphatic heterocycles. The molecule has 0 aliphatic carbocycles. The Morgan fingerprint density at radius 1 is 1.20 bits per heavy atom. The molecule has 1 atom stereocenters. The second-order valence-electron chi connectivity index (χ2n) is 4.72. The average Bonchev–Trinajstić information content (AvgIpc) is 2.45. The Labute approximate surface area is 118 Å². The summed E-state index contributed by atoms with van der Waals surface area (Å²) >= 11 is 0. The summed E-state index contributed by atoms with van der Waals surface area (Å²) in [5.41, 5.74) is 8.08. The number of methoxy groups -OCH3 is 1. The molecule has 0 radical (unpaired) electrons. The fraction of sp³-hybridized carbons (Fsp3) is 0.250. The van der Waals surface area contributed by atoms with Gasteiger partial charge in [0.1, 0.15) is 11.6 Å². The van der Waals surface area contributed by atoms with Crippen LogP contribution in [0.15, 0.2) is 42.5 Å². The molecule has 3 nitrogen and oxygen atoms in total. The molecule has 2 aromatic rings. The summed E-state index contributed by atoms with van der Waals surface area (Å²) in [5, 5.41) is 0. The Morgan fingerprint density at radius 2 is 1.90 bits per heavy atom. The molecule has 0 aliphatic rings. The normalized spacial score (nSPS) is 12.1. The zero-order chi connectivity index (χ0) is 14.7. The number of anilines is 2. The van der Waals surface area contributed by atoms with Crippen LogP contribution in [0.2, 0.25) is 0 Å². The van der Waals surface area contributed by atoms with Gasteiger partial charge in [-0.25, -0.2) is 4.39 Å². The van der Waals surface area contributed by atoms with Crippen LogP contribution in [0.4, 0.5) is 15.8 Å². The number of benzene rings is 2. The Morgan fingerprint density at radius 3 is 2.55 bits per heavy atom. The molecular formula is C16H19FN2O. The Kier molecular flexibility index (Phi) is 4.25. The maximum atomic E-state index is 14.0. The van der Waals surface area contributed by atoms with E-state index in [1.54, 1.807) is 20.1 Å².